The van der Waals surface area contributed by atoms with Crippen LogP contribution in [0.1, 0.15) is 6.23 Å². The van der Waals surface area contributed by atoms with E-state index in [9.17, 15) is 54.0 Å². The number of H-pyrrole nitrogens is 1. The second-order valence-corrected chi connectivity index (χ2v) is 10.9. The number of phosphoric ester groups is 2. The van der Waals surface area contributed by atoms with E-state index in [1.165, 1.54) is 0 Å². The molecule has 0 amide bonds. The van der Waals surface area contributed by atoms with Gasteiger partial charge in [0, 0.05) is 19.4 Å². The van der Waals surface area contributed by atoms with E-state index in [-0.39, 0.29) is 0 Å². The molecular formula is C16H26N2O17P2. The molecule has 3 heterocycles. The van der Waals surface area contributed by atoms with Crippen LogP contribution in [0.4, 0.5) is 0 Å². The molecular weight excluding hydrogens is 554 g/mol. The zero-order valence-electron chi connectivity index (χ0n) is 18.8. The number of ether oxygens (including phenoxy) is 3. The fourth-order valence-corrected chi connectivity index (χ4v) is 5.74. The lowest BCUT2D eigenvalue weighted by atomic mass is 9.99. The summed E-state index contributed by atoms with van der Waals surface area (Å²) < 4.78 is 53.8. The van der Waals surface area contributed by atoms with Crippen LogP contribution < -0.4 is 11.2 Å². The van der Waals surface area contributed by atoms with Crippen LogP contribution in [0.5, 0.6) is 0 Å². The van der Waals surface area contributed by atoms with Gasteiger partial charge in [0.2, 0.25) is 0 Å². The Balaban J connectivity index is 1.63. The van der Waals surface area contributed by atoms with Gasteiger partial charge in [-0.05, 0) is 0 Å². The van der Waals surface area contributed by atoms with Crippen LogP contribution in [0.3, 0.4) is 0 Å². The maximum Gasteiger partial charge on any atom is 0.483 e. The van der Waals surface area contributed by atoms with Gasteiger partial charge in [-0.2, -0.15) is 4.31 Å². The molecule has 0 aromatic carbocycles. The molecule has 3 rings (SSSR count). The van der Waals surface area contributed by atoms with E-state index in [0.29, 0.717) is 0 Å². The summed E-state index contributed by atoms with van der Waals surface area (Å²) in [5.41, 5.74) is -1.73. The van der Waals surface area contributed by atoms with Gasteiger partial charge in [0.25, 0.3) is 5.56 Å². The number of nitrogens with zero attached hydrogens (tertiary/aromatic N) is 1. The highest BCUT2D eigenvalue weighted by atomic mass is 31.3. The fourth-order valence-electron chi connectivity index (χ4n) is 3.59. The normalized spacial score (nSPS) is 37.7. The third-order valence-corrected chi connectivity index (χ3v) is 8.01. The maximum atomic E-state index is 12.3. The van der Waals surface area contributed by atoms with Crippen LogP contribution in [-0.4, -0.2) is 114 Å². The molecule has 0 saturated carbocycles. The molecule has 0 radical (unpaired) electrons. The molecule has 0 bridgehead atoms. The molecule has 37 heavy (non-hydrogen) atoms. The molecule has 1 aromatic rings. The summed E-state index contributed by atoms with van der Waals surface area (Å²) in [6.45, 7) is -1.84. The number of aliphatic hydroxyl groups is 5. The largest absolute Gasteiger partial charge is 0.483 e. The minimum absolute atomic E-state index is 0.738. The SMILES string of the molecule is COC1C(O)[C@H](O)C(CO)O[C@@H]1OP(=O)(O)OP(=O)(O)OC[C@H]1O[C@@H](n2ccc(=O)[nH]c2=O)[C@@H](O)C1O. The van der Waals surface area contributed by atoms with Gasteiger partial charge in [0.15, 0.2) is 12.5 Å². The van der Waals surface area contributed by atoms with Gasteiger partial charge in [0.05, 0.1) is 13.2 Å². The molecule has 2 fully saturated rings. The Bertz CT molecular complexity index is 1140. The molecule has 11 atom stereocenters. The van der Waals surface area contributed by atoms with Crippen molar-refractivity contribution < 1.29 is 72.0 Å². The number of aliphatic hydroxyl groups excluding tert-OH is 5. The van der Waals surface area contributed by atoms with Gasteiger partial charge < -0.3 is 49.5 Å². The lowest BCUT2D eigenvalue weighted by Crippen LogP contribution is -2.59. The second kappa shape index (κ2) is 11.8. The van der Waals surface area contributed by atoms with Crippen molar-refractivity contribution in [1.82, 2.24) is 9.55 Å². The van der Waals surface area contributed by atoms with Crippen molar-refractivity contribution in [2.24, 2.45) is 0 Å². The first-order valence-electron chi connectivity index (χ1n) is 10.4. The molecule has 212 valence electrons. The summed E-state index contributed by atoms with van der Waals surface area (Å²) in [5, 5.41) is 49.4. The number of phosphoric acid groups is 2. The highest BCUT2D eigenvalue weighted by Crippen LogP contribution is 2.61. The van der Waals surface area contributed by atoms with Crippen molar-refractivity contribution in [2.45, 2.75) is 55.2 Å². The highest BCUT2D eigenvalue weighted by molar-refractivity contribution is 7.61. The van der Waals surface area contributed by atoms with E-state index in [1.807, 2.05) is 4.98 Å². The number of methoxy groups -OCH3 is 1. The van der Waals surface area contributed by atoms with Crippen LogP contribution in [0, 0.1) is 0 Å². The average molecular weight is 580 g/mol. The summed E-state index contributed by atoms with van der Waals surface area (Å²) >= 11 is 0. The van der Waals surface area contributed by atoms with E-state index in [1.54, 1.807) is 0 Å². The molecule has 0 spiro atoms. The zero-order chi connectivity index (χ0) is 27.7. The minimum Gasteiger partial charge on any atom is -0.394 e. The molecule has 1 aromatic heterocycles. The predicted octanol–water partition coefficient (Wildman–Crippen LogP) is -4.14. The number of hydrogen-bond donors (Lipinski definition) is 8. The zero-order valence-corrected chi connectivity index (χ0v) is 20.6. The summed E-state index contributed by atoms with van der Waals surface area (Å²) in [5.74, 6) is 0. The van der Waals surface area contributed by atoms with E-state index >= 15 is 0 Å². The Hall–Kier alpha value is -1.38. The first-order valence-corrected chi connectivity index (χ1v) is 13.4. The molecule has 8 N–H and O–H groups in total. The average Bonchev–Trinajstić information content (AvgIpc) is 3.08. The Morgan fingerprint density at radius 1 is 1.00 bits per heavy atom. The van der Waals surface area contributed by atoms with Crippen molar-refractivity contribution >= 4 is 15.6 Å². The van der Waals surface area contributed by atoms with Crippen LogP contribution in [0.25, 0.3) is 0 Å². The lowest BCUT2D eigenvalue weighted by molar-refractivity contribution is -0.285. The van der Waals surface area contributed by atoms with Gasteiger partial charge in [0.1, 0.15) is 42.7 Å². The van der Waals surface area contributed by atoms with Crippen LogP contribution in [0.15, 0.2) is 21.9 Å². The number of aromatic amines is 1. The predicted molar refractivity (Wildman–Crippen MR) is 114 cm³/mol. The van der Waals surface area contributed by atoms with E-state index < -0.39 is 95.4 Å². The quantitative estimate of drug-likeness (QED) is 0.122. The molecule has 21 heteroatoms. The van der Waals surface area contributed by atoms with Crippen molar-refractivity contribution in [1.29, 1.82) is 0 Å². The van der Waals surface area contributed by atoms with Gasteiger partial charge >= 0.3 is 21.3 Å². The standard InChI is InChI=1S/C16H26N2O17P2/c1-30-13-11(23)9(21)6(4-19)33-15(13)34-37(28,29)35-36(26,27)31-5-7-10(22)12(24)14(32-7)18-3-2-8(20)17-16(18)25/h2-3,6-7,9-15,19,21-24H,4-5H2,1H3,(H,26,27)(H,28,29)(H,17,20,25)/t6?,7-,9-,10?,11?,12+,13?,14-,15-/m1/s1. The number of rotatable bonds is 10. The van der Waals surface area contributed by atoms with E-state index in [4.69, 9.17) is 14.2 Å². The highest BCUT2D eigenvalue weighted by Gasteiger charge is 2.50. The summed E-state index contributed by atoms with van der Waals surface area (Å²) in [6.07, 6.45) is -14.1. The molecule has 2 aliphatic rings. The first kappa shape index (κ1) is 30.2. The van der Waals surface area contributed by atoms with Crippen LogP contribution in [0.2, 0.25) is 0 Å². The van der Waals surface area contributed by atoms with Gasteiger partial charge in [-0.25, -0.2) is 13.9 Å². The van der Waals surface area contributed by atoms with Crippen LogP contribution in [-0.2, 0) is 36.7 Å². The Morgan fingerprint density at radius 3 is 2.24 bits per heavy atom. The molecule has 6 unspecified atom stereocenters. The Kier molecular flexibility index (Phi) is 9.61. The maximum absolute atomic E-state index is 12.3. The van der Waals surface area contributed by atoms with Crippen molar-refractivity contribution in [3.05, 3.63) is 33.1 Å². The molecule has 2 aliphatic heterocycles. The van der Waals surface area contributed by atoms with Crippen molar-refractivity contribution in [2.75, 3.05) is 20.3 Å². The molecule has 0 aliphatic carbocycles. The van der Waals surface area contributed by atoms with Gasteiger partial charge in [-0.1, -0.05) is 0 Å². The number of hydrogen-bond acceptors (Lipinski definition) is 15. The van der Waals surface area contributed by atoms with Crippen molar-refractivity contribution in [3.8, 4) is 0 Å². The lowest BCUT2D eigenvalue weighted by Gasteiger charge is -2.41. The second-order valence-electron chi connectivity index (χ2n) is 7.89. The summed E-state index contributed by atoms with van der Waals surface area (Å²) in [6, 6.07) is 0.939. The van der Waals surface area contributed by atoms with E-state index in [2.05, 4.69) is 13.4 Å². The number of aromatic nitrogens is 2. The molecule has 2 saturated heterocycles. The third-order valence-electron chi connectivity index (χ3n) is 5.40. The van der Waals surface area contributed by atoms with Gasteiger partial charge in [-0.3, -0.25) is 23.4 Å². The summed E-state index contributed by atoms with van der Waals surface area (Å²) in [4.78, 5) is 44.8. The van der Waals surface area contributed by atoms with Crippen molar-refractivity contribution in [3.63, 3.8) is 0 Å². The Labute approximate surface area is 206 Å². The van der Waals surface area contributed by atoms with Crippen LogP contribution >= 0.6 is 15.6 Å². The third kappa shape index (κ3) is 6.99. The smallest absolute Gasteiger partial charge is 0.394 e. The topological polar surface area (TPSA) is 286 Å². The fraction of sp³-hybridized carbons (Fsp3) is 0.750. The first-order chi connectivity index (χ1) is 17.2. The number of nitrogens with one attached hydrogen (secondary N) is 1. The minimum atomic E-state index is -5.53. The Morgan fingerprint density at radius 2 is 1.65 bits per heavy atom. The van der Waals surface area contributed by atoms with E-state index in [0.717, 1.165) is 23.9 Å². The van der Waals surface area contributed by atoms with Gasteiger partial charge in [-0.15, -0.1) is 0 Å². The summed E-state index contributed by atoms with van der Waals surface area (Å²) in [7, 11) is -9.95. The molecule has 19 nitrogen and oxygen atoms in total. The monoisotopic (exact) mass is 580 g/mol.